The summed E-state index contributed by atoms with van der Waals surface area (Å²) in [7, 11) is 1.62. The van der Waals surface area contributed by atoms with E-state index in [1.165, 1.54) is 17.3 Å². The van der Waals surface area contributed by atoms with E-state index >= 15 is 0 Å². The van der Waals surface area contributed by atoms with Crippen molar-refractivity contribution in [1.29, 1.82) is 0 Å². The van der Waals surface area contributed by atoms with Crippen LogP contribution in [0.5, 0.6) is 0 Å². The van der Waals surface area contributed by atoms with Crippen LogP contribution < -0.4 is 0 Å². The number of oxime groups is 1. The molecule has 86 valence electrons. The maximum atomic E-state index is 8.46. The van der Waals surface area contributed by atoms with Crippen molar-refractivity contribution in [2.24, 2.45) is 5.16 Å². The Hall–Kier alpha value is -1.39. The zero-order valence-electron chi connectivity index (χ0n) is 9.22. The van der Waals surface area contributed by atoms with Crippen molar-refractivity contribution < 1.29 is 14.7 Å². The number of hydrogen-bond donors (Lipinski definition) is 1. The highest BCUT2D eigenvalue weighted by molar-refractivity contribution is 5.79. The second-order valence-electron chi connectivity index (χ2n) is 3.80. The van der Waals surface area contributed by atoms with Crippen LogP contribution >= 0.6 is 0 Å². The van der Waals surface area contributed by atoms with Crippen LogP contribution in [0.4, 0.5) is 0 Å². The molecule has 0 bridgehead atoms. The summed E-state index contributed by atoms with van der Waals surface area (Å²) in [6.07, 6.45) is 3.55. The van der Waals surface area contributed by atoms with E-state index in [1.807, 2.05) is 18.2 Å². The average Bonchev–Trinajstić information content (AvgIpc) is 2.69. The first-order valence-electron chi connectivity index (χ1n) is 5.26. The van der Waals surface area contributed by atoms with Gasteiger partial charge in [-0.2, -0.15) is 0 Å². The Morgan fingerprint density at radius 2 is 2.44 bits per heavy atom. The average molecular weight is 221 g/mol. The van der Waals surface area contributed by atoms with Gasteiger partial charge < -0.3 is 14.7 Å². The minimum Gasteiger partial charge on any atom is -0.411 e. The number of ether oxygens (including phenoxy) is 2. The summed E-state index contributed by atoms with van der Waals surface area (Å²) in [5.41, 5.74) is 3.39. The summed E-state index contributed by atoms with van der Waals surface area (Å²) in [5.74, 6) is 0. The molecular formula is C12H15NO3. The van der Waals surface area contributed by atoms with Crippen molar-refractivity contribution in [3.05, 3.63) is 34.9 Å². The fourth-order valence-corrected chi connectivity index (χ4v) is 2.07. The zero-order valence-corrected chi connectivity index (χ0v) is 9.22. The molecule has 2 rings (SSSR count). The lowest BCUT2D eigenvalue weighted by atomic mass is 10.1. The summed E-state index contributed by atoms with van der Waals surface area (Å²) in [4.78, 5) is 0. The van der Waals surface area contributed by atoms with Crippen molar-refractivity contribution in [3.8, 4) is 0 Å². The lowest BCUT2D eigenvalue weighted by Gasteiger charge is -2.12. The third-order valence-corrected chi connectivity index (χ3v) is 2.78. The molecule has 0 saturated heterocycles. The minimum absolute atomic E-state index is 0.134. The van der Waals surface area contributed by atoms with Crippen molar-refractivity contribution in [2.75, 3.05) is 13.9 Å². The van der Waals surface area contributed by atoms with Crippen LogP contribution in [0.15, 0.2) is 23.4 Å². The highest BCUT2D eigenvalue weighted by Crippen LogP contribution is 2.34. The molecule has 0 fully saturated rings. The van der Waals surface area contributed by atoms with Crippen LogP contribution in [-0.2, 0) is 15.9 Å². The van der Waals surface area contributed by atoms with Crippen LogP contribution in [0.1, 0.15) is 29.2 Å². The first-order chi connectivity index (χ1) is 7.85. The number of nitrogens with zero attached hydrogens (tertiary/aromatic N) is 1. The quantitative estimate of drug-likeness (QED) is 0.366. The van der Waals surface area contributed by atoms with E-state index in [0.717, 1.165) is 18.4 Å². The van der Waals surface area contributed by atoms with E-state index in [9.17, 15) is 0 Å². The van der Waals surface area contributed by atoms with E-state index in [2.05, 4.69) is 5.16 Å². The van der Waals surface area contributed by atoms with Crippen LogP contribution in [0.3, 0.4) is 0 Å². The Morgan fingerprint density at radius 1 is 1.56 bits per heavy atom. The van der Waals surface area contributed by atoms with E-state index in [0.29, 0.717) is 6.79 Å². The Labute approximate surface area is 94.5 Å². The van der Waals surface area contributed by atoms with Crippen LogP contribution in [0, 0.1) is 0 Å². The van der Waals surface area contributed by atoms with Crippen molar-refractivity contribution in [3.63, 3.8) is 0 Å². The SMILES string of the molecule is COCOC1CCc2cc(C=NO)ccc21. The molecule has 0 saturated carbocycles. The number of aryl methyl sites for hydroxylation is 1. The smallest absolute Gasteiger partial charge is 0.147 e. The lowest BCUT2D eigenvalue weighted by Crippen LogP contribution is -2.03. The van der Waals surface area contributed by atoms with Crippen molar-refractivity contribution in [2.45, 2.75) is 18.9 Å². The molecule has 0 spiro atoms. The van der Waals surface area contributed by atoms with Gasteiger partial charge in [0.2, 0.25) is 0 Å². The largest absolute Gasteiger partial charge is 0.411 e. The fraction of sp³-hybridized carbons (Fsp3) is 0.417. The molecule has 1 aromatic carbocycles. The Balaban J connectivity index is 2.15. The molecule has 4 heteroatoms. The molecule has 0 heterocycles. The maximum absolute atomic E-state index is 8.46. The lowest BCUT2D eigenvalue weighted by molar-refractivity contribution is -0.0723. The van der Waals surface area contributed by atoms with Crippen LogP contribution in [0.2, 0.25) is 0 Å². The van der Waals surface area contributed by atoms with E-state index in [1.54, 1.807) is 7.11 Å². The predicted molar refractivity (Wildman–Crippen MR) is 59.8 cm³/mol. The van der Waals surface area contributed by atoms with E-state index in [-0.39, 0.29) is 6.10 Å². The molecule has 0 amide bonds. The molecule has 1 N–H and O–H groups in total. The molecule has 0 radical (unpaired) electrons. The van der Waals surface area contributed by atoms with Gasteiger partial charge in [0.25, 0.3) is 0 Å². The van der Waals surface area contributed by atoms with Gasteiger partial charge in [0, 0.05) is 7.11 Å². The molecule has 1 aromatic rings. The summed E-state index contributed by atoms with van der Waals surface area (Å²) >= 11 is 0. The Kier molecular flexibility index (Phi) is 3.54. The van der Waals surface area contributed by atoms with Crippen molar-refractivity contribution in [1.82, 2.24) is 0 Å². The fourth-order valence-electron chi connectivity index (χ4n) is 2.07. The first-order valence-corrected chi connectivity index (χ1v) is 5.26. The monoisotopic (exact) mass is 221 g/mol. The standard InChI is InChI=1S/C12H15NO3/c1-15-8-16-12-5-3-10-6-9(7-13-14)2-4-11(10)12/h2,4,6-7,12,14H,3,5,8H2,1H3. The summed E-state index contributed by atoms with van der Waals surface area (Å²) in [5, 5.41) is 11.5. The molecule has 16 heavy (non-hydrogen) atoms. The minimum atomic E-state index is 0.134. The molecule has 1 unspecified atom stereocenters. The van der Waals surface area contributed by atoms with Gasteiger partial charge in [-0.25, -0.2) is 0 Å². The van der Waals surface area contributed by atoms with Gasteiger partial charge in [-0.05, 0) is 35.6 Å². The molecule has 1 aliphatic rings. The first kappa shape index (κ1) is 11.1. The molecule has 0 aromatic heterocycles. The maximum Gasteiger partial charge on any atom is 0.147 e. The van der Waals surface area contributed by atoms with Gasteiger partial charge in [-0.15, -0.1) is 0 Å². The molecule has 1 aliphatic carbocycles. The number of rotatable bonds is 4. The van der Waals surface area contributed by atoms with Gasteiger partial charge in [-0.3, -0.25) is 0 Å². The van der Waals surface area contributed by atoms with Gasteiger partial charge in [-0.1, -0.05) is 17.3 Å². The Bertz CT molecular complexity index is 390. The molecular weight excluding hydrogens is 206 g/mol. The highest BCUT2D eigenvalue weighted by Gasteiger charge is 2.22. The topological polar surface area (TPSA) is 51.0 Å². The van der Waals surface area contributed by atoms with Gasteiger partial charge in [0.1, 0.15) is 6.79 Å². The number of hydrogen-bond acceptors (Lipinski definition) is 4. The number of fused-ring (bicyclic) bond motifs is 1. The third-order valence-electron chi connectivity index (χ3n) is 2.78. The predicted octanol–water partition coefficient (Wildman–Crippen LogP) is 2.10. The molecule has 0 aliphatic heterocycles. The van der Waals surface area contributed by atoms with Gasteiger partial charge in [0.05, 0.1) is 12.3 Å². The number of methoxy groups -OCH3 is 1. The number of benzene rings is 1. The zero-order chi connectivity index (χ0) is 11.4. The summed E-state index contributed by atoms with van der Waals surface area (Å²) in [6, 6.07) is 5.98. The van der Waals surface area contributed by atoms with E-state index in [4.69, 9.17) is 14.7 Å². The molecule has 4 nitrogen and oxygen atoms in total. The van der Waals surface area contributed by atoms with Gasteiger partial charge in [0.15, 0.2) is 0 Å². The van der Waals surface area contributed by atoms with Crippen LogP contribution in [0.25, 0.3) is 0 Å². The third kappa shape index (κ3) is 2.23. The summed E-state index contributed by atoms with van der Waals surface area (Å²) in [6.45, 7) is 0.323. The summed E-state index contributed by atoms with van der Waals surface area (Å²) < 4.78 is 10.5. The Morgan fingerprint density at radius 3 is 3.19 bits per heavy atom. The normalized spacial score (nSPS) is 19.2. The second kappa shape index (κ2) is 5.09. The van der Waals surface area contributed by atoms with Crippen molar-refractivity contribution >= 4 is 6.21 Å². The highest BCUT2D eigenvalue weighted by atomic mass is 16.7. The van der Waals surface area contributed by atoms with Crippen LogP contribution in [-0.4, -0.2) is 25.3 Å². The van der Waals surface area contributed by atoms with Gasteiger partial charge >= 0.3 is 0 Å². The molecule has 1 atom stereocenters. The second-order valence-corrected chi connectivity index (χ2v) is 3.80. The van der Waals surface area contributed by atoms with E-state index < -0.39 is 0 Å².